The lowest BCUT2D eigenvalue weighted by atomic mass is 10.0. The molecule has 0 unspecified atom stereocenters. The molecule has 0 saturated heterocycles. The molecular formula is C18H20N2O4. The van der Waals surface area contributed by atoms with Crippen LogP contribution in [0.4, 0.5) is 5.69 Å². The lowest BCUT2D eigenvalue weighted by molar-refractivity contribution is 0.0609. The summed E-state index contributed by atoms with van der Waals surface area (Å²) in [6, 6.07) is 12.5. The Labute approximate surface area is 140 Å². The molecule has 0 spiro atoms. The van der Waals surface area contributed by atoms with Gasteiger partial charge in [-0.3, -0.25) is 4.79 Å². The van der Waals surface area contributed by atoms with E-state index in [0.717, 1.165) is 11.3 Å². The van der Waals surface area contributed by atoms with Crippen molar-refractivity contribution < 1.29 is 19.4 Å². The Bertz CT molecular complexity index is 748. The number of rotatable bonds is 5. The molecule has 1 amide bonds. The molecule has 6 nitrogen and oxygen atoms in total. The van der Waals surface area contributed by atoms with Gasteiger partial charge < -0.3 is 24.8 Å². The van der Waals surface area contributed by atoms with Crippen LogP contribution in [0.15, 0.2) is 42.5 Å². The number of phenols is 1. The lowest BCUT2D eigenvalue weighted by Crippen LogP contribution is -2.44. The van der Waals surface area contributed by atoms with Crippen LogP contribution < -0.4 is 10.1 Å². The number of aromatic hydroxyl groups is 1. The summed E-state index contributed by atoms with van der Waals surface area (Å²) in [4.78, 5) is 14.6. The van der Waals surface area contributed by atoms with Gasteiger partial charge in [0.25, 0.3) is 5.91 Å². The van der Waals surface area contributed by atoms with E-state index in [4.69, 9.17) is 9.47 Å². The van der Waals surface area contributed by atoms with Crippen molar-refractivity contribution in [1.82, 2.24) is 4.90 Å². The maximum atomic E-state index is 12.9. The van der Waals surface area contributed by atoms with Gasteiger partial charge in [-0.1, -0.05) is 18.2 Å². The van der Waals surface area contributed by atoms with Gasteiger partial charge in [0.2, 0.25) is 0 Å². The van der Waals surface area contributed by atoms with Crippen molar-refractivity contribution in [2.75, 3.05) is 32.7 Å². The third-order valence-electron chi connectivity index (χ3n) is 4.08. The van der Waals surface area contributed by atoms with Gasteiger partial charge in [0, 0.05) is 19.3 Å². The zero-order valence-electron chi connectivity index (χ0n) is 13.7. The normalized spacial score (nSPS) is 16.5. The van der Waals surface area contributed by atoms with Gasteiger partial charge in [-0.05, 0) is 29.8 Å². The Morgan fingerprint density at radius 3 is 2.71 bits per heavy atom. The molecule has 0 bridgehead atoms. The van der Waals surface area contributed by atoms with Crippen LogP contribution >= 0.6 is 0 Å². The summed E-state index contributed by atoms with van der Waals surface area (Å²) >= 11 is 0. The lowest BCUT2D eigenvalue weighted by Gasteiger charge is -2.38. The van der Waals surface area contributed by atoms with Crippen LogP contribution in [0.3, 0.4) is 0 Å². The maximum absolute atomic E-state index is 12.9. The van der Waals surface area contributed by atoms with Gasteiger partial charge >= 0.3 is 0 Å². The molecule has 1 heterocycles. The molecule has 2 aromatic rings. The molecule has 3 rings (SSSR count). The Morgan fingerprint density at radius 2 is 2.00 bits per heavy atom. The van der Waals surface area contributed by atoms with Gasteiger partial charge in [0.1, 0.15) is 6.17 Å². The molecule has 126 valence electrons. The summed E-state index contributed by atoms with van der Waals surface area (Å²) in [6.07, 6.45) is -0.389. The number of benzene rings is 2. The van der Waals surface area contributed by atoms with Crippen LogP contribution in [-0.2, 0) is 4.74 Å². The van der Waals surface area contributed by atoms with E-state index in [1.807, 2.05) is 24.3 Å². The number of carbonyl (C=O) groups is 1. The minimum atomic E-state index is -0.389. The van der Waals surface area contributed by atoms with E-state index in [2.05, 4.69) is 5.32 Å². The van der Waals surface area contributed by atoms with Crippen molar-refractivity contribution in [3.05, 3.63) is 53.6 Å². The number of nitrogens with zero attached hydrogens (tertiary/aromatic N) is 1. The van der Waals surface area contributed by atoms with Gasteiger partial charge in [-0.2, -0.15) is 0 Å². The number of phenolic OH excluding ortho intramolecular Hbond substituents is 1. The second kappa shape index (κ2) is 6.80. The quantitative estimate of drug-likeness (QED) is 0.883. The average molecular weight is 328 g/mol. The number of para-hydroxylation sites is 1. The topological polar surface area (TPSA) is 71.0 Å². The highest BCUT2D eigenvalue weighted by Gasteiger charge is 2.32. The van der Waals surface area contributed by atoms with Crippen LogP contribution in [0.1, 0.15) is 22.1 Å². The summed E-state index contributed by atoms with van der Waals surface area (Å²) in [5.41, 5.74) is 2.17. The molecule has 24 heavy (non-hydrogen) atoms. The Morgan fingerprint density at radius 1 is 1.21 bits per heavy atom. The van der Waals surface area contributed by atoms with Crippen LogP contribution in [0.2, 0.25) is 0 Å². The first-order valence-corrected chi connectivity index (χ1v) is 7.68. The first-order valence-electron chi connectivity index (χ1n) is 7.68. The van der Waals surface area contributed by atoms with E-state index in [0.29, 0.717) is 24.5 Å². The van der Waals surface area contributed by atoms with Crippen LogP contribution in [0.25, 0.3) is 0 Å². The Balaban J connectivity index is 2.00. The molecular weight excluding hydrogens is 308 g/mol. The first-order chi connectivity index (χ1) is 11.7. The number of hydrogen-bond acceptors (Lipinski definition) is 5. The summed E-state index contributed by atoms with van der Waals surface area (Å²) in [5, 5.41) is 13.4. The van der Waals surface area contributed by atoms with Crippen LogP contribution in [0.5, 0.6) is 11.5 Å². The molecule has 6 heteroatoms. The fourth-order valence-corrected chi connectivity index (χ4v) is 2.85. The smallest absolute Gasteiger partial charge is 0.257 e. The Hall–Kier alpha value is -2.73. The standard InChI is InChI=1S/C18H20N2O4/c1-23-10-9-20-17(12-7-8-16(24-2)15(21)11-12)19-14-6-4-3-5-13(14)18(20)22/h3-8,11,17,19,21H,9-10H2,1-2H3/t17-/m0/s1. The number of carbonyl (C=O) groups excluding carboxylic acids is 1. The maximum Gasteiger partial charge on any atom is 0.257 e. The van der Waals surface area contributed by atoms with Crippen molar-refractivity contribution in [3.63, 3.8) is 0 Å². The number of methoxy groups -OCH3 is 2. The Kier molecular flexibility index (Phi) is 4.57. The third-order valence-corrected chi connectivity index (χ3v) is 4.08. The molecule has 0 fully saturated rings. The summed E-state index contributed by atoms with van der Waals surface area (Å²) < 4.78 is 10.2. The SMILES string of the molecule is COCCN1C(=O)c2ccccc2N[C@@H]1c1ccc(OC)c(O)c1. The number of nitrogens with one attached hydrogen (secondary N) is 1. The van der Waals surface area contributed by atoms with Crippen molar-refractivity contribution >= 4 is 11.6 Å². The second-order valence-corrected chi connectivity index (χ2v) is 5.52. The third kappa shape index (κ3) is 2.88. The summed E-state index contributed by atoms with van der Waals surface area (Å²) in [6.45, 7) is 0.863. The first kappa shape index (κ1) is 16.1. The molecule has 1 atom stereocenters. The molecule has 2 aromatic carbocycles. The largest absolute Gasteiger partial charge is 0.504 e. The molecule has 0 aliphatic carbocycles. The molecule has 1 aliphatic heterocycles. The van der Waals surface area contributed by atoms with E-state index in [1.165, 1.54) is 7.11 Å². The van der Waals surface area contributed by atoms with Gasteiger partial charge in [-0.25, -0.2) is 0 Å². The van der Waals surface area contributed by atoms with Crippen LogP contribution in [0, 0.1) is 0 Å². The molecule has 0 saturated carbocycles. The average Bonchev–Trinajstić information content (AvgIpc) is 2.61. The molecule has 2 N–H and O–H groups in total. The number of anilines is 1. The minimum Gasteiger partial charge on any atom is -0.504 e. The highest BCUT2D eigenvalue weighted by atomic mass is 16.5. The second-order valence-electron chi connectivity index (χ2n) is 5.52. The van der Waals surface area contributed by atoms with E-state index in [9.17, 15) is 9.90 Å². The molecule has 1 aliphatic rings. The summed E-state index contributed by atoms with van der Waals surface area (Å²) in [5.74, 6) is 0.362. The highest BCUT2D eigenvalue weighted by Crippen LogP contribution is 2.36. The summed E-state index contributed by atoms with van der Waals surface area (Å²) in [7, 11) is 3.10. The number of amides is 1. The van der Waals surface area contributed by atoms with E-state index in [-0.39, 0.29) is 17.8 Å². The van der Waals surface area contributed by atoms with Crippen molar-refractivity contribution in [2.24, 2.45) is 0 Å². The fraction of sp³-hybridized carbons (Fsp3) is 0.278. The predicted molar refractivity (Wildman–Crippen MR) is 90.4 cm³/mol. The number of fused-ring (bicyclic) bond motifs is 1. The van der Waals surface area contributed by atoms with Crippen molar-refractivity contribution in [1.29, 1.82) is 0 Å². The number of hydrogen-bond donors (Lipinski definition) is 2. The highest BCUT2D eigenvalue weighted by molar-refractivity contribution is 6.01. The monoisotopic (exact) mass is 328 g/mol. The van der Waals surface area contributed by atoms with Crippen molar-refractivity contribution in [3.8, 4) is 11.5 Å². The van der Waals surface area contributed by atoms with Gasteiger partial charge in [0.05, 0.1) is 19.3 Å². The minimum absolute atomic E-state index is 0.0369. The van der Waals surface area contributed by atoms with Crippen LogP contribution in [-0.4, -0.2) is 43.3 Å². The zero-order chi connectivity index (χ0) is 17.1. The van der Waals surface area contributed by atoms with E-state index >= 15 is 0 Å². The fourth-order valence-electron chi connectivity index (χ4n) is 2.85. The molecule has 0 radical (unpaired) electrons. The van der Waals surface area contributed by atoms with Gasteiger partial charge in [-0.15, -0.1) is 0 Å². The molecule has 0 aromatic heterocycles. The van der Waals surface area contributed by atoms with Gasteiger partial charge in [0.15, 0.2) is 11.5 Å². The van der Waals surface area contributed by atoms with Crippen molar-refractivity contribution in [2.45, 2.75) is 6.17 Å². The zero-order valence-corrected chi connectivity index (χ0v) is 13.7. The van der Waals surface area contributed by atoms with E-state index in [1.54, 1.807) is 30.2 Å². The number of ether oxygens (including phenoxy) is 2. The van der Waals surface area contributed by atoms with E-state index < -0.39 is 0 Å². The predicted octanol–water partition coefficient (Wildman–Crippen LogP) is 2.61.